The van der Waals surface area contributed by atoms with Crippen molar-refractivity contribution in [1.82, 2.24) is 5.32 Å². The summed E-state index contributed by atoms with van der Waals surface area (Å²) in [6, 6.07) is 0. The quantitative estimate of drug-likeness (QED) is 0.440. The standard InChI is InChI=1S/C10H21N/c1-3-4-5-6-7-8-9-10-11-2/h6-7,11H,3-5,8-10H2,1-2H3. The Balaban J connectivity index is 2.91. The molecule has 0 unspecified atom stereocenters. The zero-order valence-electron chi connectivity index (χ0n) is 7.90. The second-order valence-electron chi connectivity index (χ2n) is 2.86. The minimum atomic E-state index is 1.14. The molecule has 0 aliphatic heterocycles. The number of allylic oxidation sites excluding steroid dienone is 2. The van der Waals surface area contributed by atoms with Gasteiger partial charge in [-0.3, -0.25) is 0 Å². The van der Waals surface area contributed by atoms with Crippen LogP contribution in [0, 0.1) is 0 Å². The molecule has 66 valence electrons. The summed E-state index contributed by atoms with van der Waals surface area (Å²) in [6.07, 6.45) is 11.0. The number of nitrogens with one attached hydrogen (secondary N) is 1. The Hall–Kier alpha value is -0.300. The number of unbranched alkanes of at least 4 members (excludes halogenated alkanes) is 3. The topological polar surface area (TPSA) is 12.0 Å². The highest BCUT2D eigenvalue weighted by Crippen LogP contribution is 1.97. The Morgan fingerprint density at radius 2 is 1.73 bits per heavy atom. The molecule has 0 radical (unpaired) electrons. The molecule has 1 N–H and O–H groups in total. The van der Waals surface area contributed by atoms with Crippen LogP contribution < -0.4 is 5.32 Å². The maximum absolute atomic E-state index is 3.14. The van der Waals surface area contributed by atoms with Gasteiger partial charge in [0.05, 0.1) is 0 Å². The summed E-state index contributed by atoms with van der Waals surface area (Å²) < 4.78 is 0. The van der Waals surface area contributed by atoms with Gasteiger partial charge in [-0.05, 0) is 32.9 Å². The van der Waals surface area contributed by atoms with Crippen molar-refractivity contribution < 1.29 is 0 Å². The summed E-state index contributed by atoms with van der Waals surface area (Å²) in [5, 5.41) is 3.14. The molecule has 0 aliphatic carbocycles. The molecule has 1 nitrogen and oxygen atoms in total. The Morgan fingerprint density at radius 1 is 1.09 bits per heavy atom. The first kappa shape index (κ1) is 10.7. The Labute approximate surface area is 70.9 Å². The van der Waals surface area contributed by atoms with E-state index in [1.165, 1.54) is 32.1 Å². The fraction of sp³-hybridized carbons (Fsp3) is 0.800. The van der Waals surface area contributed by atoms with E-state index in [0.717, 1.165) is 6.54 Å². The molecule has 1 heteroatoms. The zero-order valence-corrected chi connectivity index (χ0v) is 7.90. The predicted octanol–water partition coefficient (Wildman–Crippen LogP) is 2.73. The normalized spacial score (nSPS) is 11.1. The summed E-state index contributed by atoms with van der Waals surface area (Å²) in [5.41, 5.74) is 0. The minimum absolute atomic E-state index is 1.14. The van der Waals surface area contributed by atoms with Gasteiger partial charge in [-0.15, -0.1) is 0 Å². The number of hydrogen-bond acceptors (Lipinski definition) is 1. The first-order chi connectivity index (χ1) is 5.41. The highest BCUT2D eigenvalue weighted by Gasteiger charge is 1.80. The van der Waals surface area contributed by atoms with Crippen molar-refractivity contribution in [2.24, 2.45) is 0 Å². The highest BCUT2D eigenvalue weighted by atomic mass is 14.8. The molecule has 0 rings (SSSR count). The number of rotatable bonds is 7. The van der Waals surface area contributed by atoms with Gasteiger partial charge in [0.2, 0.25) is 0 Å². The molecule has 0 bridgehead atoms. The molecular weight excluding hydrogens is 134 g/mol. The largest absolute Gasteiger partial charge is 0.320 e. The van der Waals surface area contributed by atoms with Crippen LogP contribution in [-0.4, -0.2) is 13.6 Å². The molecule has 0 saturated carbocycles. The lowest BCUT2D eigenvalue weighted by molar-refractivity contribution is 0.732. The van der Waals surface area contributed by atoms with E-state index in [-0.39, 0.29) is 0 Å². The van der Waals surface area contributed by atoms with E-state index in [2.05, 4.69) is 24.4 Å². The van der Waals surface area contributed by atoms with Crippen molar-refractivity contribution in [3.8, 4) is 0 Å². The van der Waals surface area contributed by atoms with E-state index in [1.807, 2.05) is 7.05 Å². The van der Waals surface area contributed by atoms with E-state index in [1.54, 1.807) is 0 Å². The molecule has 0 aromatic rings. The van der Waals surface area contributed by atoms with Gasteiger partial charge in [-0.1, -0.05) is 31.9 Å². The highest BCUT2D eigenvalue weighted by molar-refractivity contribution is 4.81. The molecule has 11 heavy (non-hydrogen) atoms. The molecular formula is C10H21N. The third-order valence-electron chi connectivity index (χ3n) is 1.69. The Morgan fingerprint density at radius 3 is 2.27 bits per heavy atom. The van der Waals surface area contributed by atoms with Crippen molar-refractivity contribution in [1.29, 1.82) is 0 Å². The third-order valence-corrected chi connectivity index (χ3v) is 1.69. The van der Waals surface area contributed by atoms with Crippen LogP contribution in [0.25, 0.3) is 0 Å². The van der Waals surface area contributed by atoms with Gasteiger partial charge in [0.1, 0.15) is 0 Å². The van der Waals surface area contributed by atoms with Crippen LogP contribution in [0.2, 0.25) is 0 Å². The molecule has 0 aliphatic rings. The molecule has 0 aromatic heterocycles. The van der Waals surface area contributed by atoms with Crippen LogP contribution in [0.15, 0.2) is 12.2 Å². The zero-order chi connectivity index (χ0) is 8.36. The Bertz CT molecular complexity index is 86.9. The van der Waals surface area contributed by atoms with Gasteiger partial charge in [-0.25, -0.2) is 0 Å². The van der Waals surface area contributed by atoms with E-state index in [9.17, 15) is 0 Å². The molecule has 0 fully saturated rings. The van der Waals surface area contributed by atoms with Crippen LogP contribution in [0.3, 0.4) is 0 Å². The van der Waals surface area contributed by atoms with Crippen LogP contribution in [0.1, 0.15) is 39.0 Å². The summed E-state index contributed by atoms with van der Waals surface area (Å²) in [7, 11) is 2.00. The molecule has 0 amide bonds. The second-order valence-corrected chi connectivity index (χ2v) is 2.86. The van der Waals surface area contributed by atoms with Gasteiger partial charge in [0.15, 0.2) is 0 Å². The average Bonchev–Trinajstić information content (AvgIpc) is 2.03. The first-order valence-electron chi connectivity index (χ1n) is 4.71. The average molecular weight is 155 g/mol. The summed E-state index contributed by atoms with van der Waals surface area (Å²) >= 11 is 0. The monoisotopic (exact) mass is 155 g/mol. The molecule has 0 saturated heterocycles. The van der Waals surface area contributed by atoms with Crippen LogP contribution >= 0.6 is 0 Å². The minimum Gasteiger partial charge on any atom is -0.320 e. The van der Waals surface area contributed by atoms with Gasteiger partial charge in [0.25, 0.3) is 0 Å². The van der Waals surface area contributed by atoms with Gasteiger partial charge in [0, 0.05) is 0 Å². The van der Waals surface area contributed by atoms with E-state index in [4.69, 9.17) is 0 Å². The second kappa shape index (κ2) is 9.70. The summed E-state index contributed by atoms with van der Waals surface area (Å²) in [5.74, 6) is 0. The Kier molecular flexibility index (Phi) is 9.44. The third kappa shape index (κ3) is 9.70. The smallest absolute Gasteiger partial charge is 0.00490 e. The number of hydrogen-bond donors (Lipinski definition) is 1. The molecule has 0 heterocycles. The van der Waals surface area contributed by atoms with E-state index < -0.39 is 0 Å². The molecule has 0 aromatic carbocycles. The van der Waals surface area contributed by atoms with Crippen molar-refractivity contribution in [3.63, 3.8) is 0 Å². The van der Waals surface area contributed by atoms with Gasteiger partial charge < -0.3 is 5.32 Å². The predicted molar refractivity (Wildman–Crippen MR) is 51.8 cm³/mol. The van der Waals surface area contributed by atoms with E-state index in [0.29, 0.717) is 0 Å². The summed E-state index contributed by atoms with van der Waals surface area (Å²) in [4.78, 5) is 0. The van der Waals surface area contributed by atoms with Crippen molar-refractivity contribution >= 4 is 0 Å². The van der Waals surface area contributed by atoms with Crippen molar-refractivity contribution in [2.75, 3.05) is 13.6 Å². The fourth-order valence-electron chi connectivity index (χ4n) is 0.954. The van der Waals surface area contributed by atoms with Crippen LogP contribution in [0.5, 0.6) is 0 Å². The lowest BCUT2D eigenvalue weighted by Gasteiger charge is -1.93. The van der Waals surface area contributed by atoms with Gasteiger partial charge >= 0.3 is 0 Å². The first-order valence-corrected chi connectivity index (χ1v) is 4.71. The lowest BCUT2D eigenvalue weighted by atomic mass is 10.2. The molecule has 0 spiro atoms. The fourth-order valence-corrected chi connectivity index (χ4v) is 0.954. The van der Waals surface area contributed by atoms with Crippen molar-refractivity contribution in [3.05, 3.63) is 12.2 Å². The maximum atomic E-state index is 3.14. The van der Waals surface area contributed by atoms with E-state index >= 15 is 0 Å². The molecule has 0 atom stereocenters. The van der Waals surface area contributed by atoms with Crippen molar-refractivity contribution in [2.45, 2.75) is 39.0 Å². The van der Waals surface area contributed by atoms with Crippen LogP contribution in [-0.2, 0) is 0 Å². The lowest BCUT2D eigenvalue weighted by Crippen LogP contribution is -2.06. The van der Waals surface area contributed by atoms with Crippen LogP contribution in [0.4, 0.5) is 0 Å². The summed E-state index contributed by atoms with van der Waals surface area (Å²) in [6.45, 7) is 3.37. The SMILES string of the molecule is CCCCC=CCCCNC. The maximum Gasteiger partial charge on any atom is -0.00490 e. The van der Waals surface area contributed by atoms with Gasteiger partial charge in [-0.2, -0.15) is 0 Å².